The molecule has 0 bridgehead atoms. The quantitative estimate of drug-likeness (QED) is 0.657. The maximum absolute atomic E-state index is 13.4. The van der Waals surface area contributed by atoms with E-state index in [2.05, 4.69) is 0 Å². The molecule has 1 aliphatic heterocycles. The first kappa shape index (κ1) is 18.9. The second kappa shape index (κ2) is 6.85. The van der Waals surface area contributed by atoms with Crippen molar-refractivity contribution in [3.8, 4) is 0 Å². The lowest BCUT2D eigenvalue weighted by Gasteiger charge is -2.43. The molecule has 144 valence electrons. The van der Waals surface area contributed by atoms with Crippen molar-refractivity contribution in [2.24, 2.45) is 5.41 Å². The van der Waals surface area contributed by atoms with Crippen molar-refractivity contribution in [1.29, 1.82) is 0 Å². The van der Waals surface area contributed by atoms with E-state index in [1.165, 1.54) is 12.1 Å². The molecule has 0 N–H and O–H groups in total. The zero-order valence-corrected chi connectivity index (χ0v) is 16.6. The average Bonchev–Trinajstić information content (AvgIpc) is 2.62. The molecular weight excluding hydrogens is 377 g/mol. The first-order chi connectivity index (χ1) is 13.2. The fraction of sp³-hybridized carbons (Fsp3) is 0.304. The third kappa shape index (κ3) is 3.37. The zero-order chi connectivity index (χ0) is 20.1. The van der Waals surface area contributed by atoms with Gasteiger partial charge < -0.3 is 0 Å². The molecule has 2 aromatic rings. The monoisotopic (exact) mass is 397 g/mol. The van der Waals surface area contributed by atoms with Crippen LogP contribution < -0.4 is 4.90 Å². The van der Waals surface area contributed by atoms with E-state index in [-0.39, 0.29) is 35.3 Å². The summed E-state index contributed by atoms with van der Waals surface area (Å²) in [4.78, 5) is 27.9. The van der Waals surface area contributed by atoms with Gasteiger partial charge in [0.1, 0.15) is 5.82 Å². The Morgan fingerprint density at radius 2 is 1.64 bits per heavy atom. The molecule has 1 amide bonds. The molecule has 28 heavy (non-hydrogen) atoms. The summed E-state index contributed by atoms with van der Waals surface area (Å²) in [7, 11) is 0. The average molecular weight is 398 g/mol. The van der Waals surface area contributed by atoms with E-state index < -0.39 is 0 Å². The van der Waals surface area contributed by atoms with Crippen molar-refractivity contribution in [1.82, 2.24) is 0 Å². The van der Waals surface area contributed by atoms with E-state index in [4.69, 9.17) is 11.6 Å². The number of Topliss-reactive ketones (excluding diaryl/α,β-unsaturated/α-hetero) is 1. The molecular formula is C23H21ClFNO2. The number of rotatable bonds is 2. The first-order valence-electron chi connectivity index (χ1n) is 9.35. The number of ketones is 1. The van der Waals surface area contributed by atoms with Gasteiger partial charge in [-0.2, -0.15) is 0 Å². The summed E-state index contributed by atoms with van der Waals surface area (Å²) < 4.78 is 13.4. The summed E-state index contributed by atoms with van der Waals surface area (Å²) >= 11 is 6.01. The topological polar surface area (TPSA) is 37.4 Å². The van der Waals surface area contributed by atoms with Crippen LogP contribution in [-0.4, -0.2) is 11.7 Å². The van der Waals surface area contributed by atoms with Gasteiger partial charge in [0.2, 0.25) is 5.91 Å². The van der Waals surface area contributed by atoms with Crippen LogP contribution in [0.25, 0.3) is 0 Å². The molecule has 0 fully saturated rings. The van der Waals surface area contributed by atoms with Crippen molar-refractivity contribution in [2.45, 2.75) is 39.0 Å². The smallest absolute Gasteiger partial charge is 0.232 e. The normalized spacial score (nSPS) is 21.7. The van der Waals surface area contributed by atoms with Gasteiger partial charge in [-0.25, -0.2) is 4.39 Å². The second-order valence-electron chi connectivity index (χ2n) is 8.32. The Labute approximate surface area is 168 Å². The molecule has 4 rings (SSSR count). The highest BCUT2D eigenvalue weighted by atomic mass is 35.5. The molecule has 2 aromatic carbocycles. The van der Waals surface area contributed by atoms with Gasteiger partial charge in [-0.1, -0.05) is 37.6 Å². The summed E-state index contributed by atoms with van der Waals surface area (Å²) in [5.74, 6) is -0.650. The predicted molar refractivity (Wildman–Crippen MR) is 108 cm³/mol. The summed E-state index contributed by atoms with van der Waals surface area (Å²) in [5, 5.41) is 0.615. The van der Waals surface area contributed by atoms with E-state index >= 15 is 0 Å². The Morgan fingerprint density at radius 3 is 2.29 bits per heavy atom. The summed E-state index contributed by atoms with van der Waals surface area (Å²) in [6, 6.07) is 13.2. The number of allylic oxidation sites excluding steroid dienone is 2. The number of halogens is 2. The molecule has 1 atom stereocenters. The minimum absolute atomic E-state index is 0.0748. The molecule has 1 aliphatic carbocycles. The Balaban J connectivity index is 1.88. The van der Waals surface area contributed by atoms with Crippen LogP contribution in [0.3, 0.4) is 0 Å². The molecule has 0 saturated heterocycles. The van der Waals surface area contributed by atoms with E-state index in [9.17, 15) is 14.0 Å². The fourth-order valence-corrected chi connectivity index (χ4v) is 4.41. The maximum atomic E-state index is 13.4. The van der Waals surface area contributed by atoms with Gasteiger partial charge in [0.15, 0.2) is 5.78 Å². The van der Waals surface area contributed by atoms with Crippen LogP contribution in [0, 0.1) is 11.2 Å². The molecule has 0 saturated carbocycles. The van der Waals surface area contributed by atoms with Crippen molar-refractivity contribution >= 4 is 29.0 Å². The van der Waals surface area contributed by atoms with Crippen LogP contribution in [0.5, 0.6) is 0 Å². The predicted octanol–water partition coefficient (Wildman–Crippen LogP) is 5.64. The third-order valence-corrected chi connectivity index (χ3v) is 5.75. The molecule has 0 radical (unpaired) electrons. The Hall–Kier alpha value is -2.46. The van der Waals surface area contributed by atoms with E-state index in [1.54, 1.807) is 29.2 Å². The molecule has 2 aliphatic rings. The van der Waals surface area contributed by atoms with Crippen molar-refractivity contribution < 1.29 is 14.0 Å². The highest BCUT2D eigenvalue weighted by Gasteiger charge is 2.44. The van der Waals surface area contributed by atoms with Gasteiger partial charge in [-0.3, -0.25) is 14.5 Å². The molecule has 5 heteroatoms. The van der Waals surface area contributed by atoms with Crippen LogP contribution in [0.1, 0.15) is 44.6 Å². The standard InChI is InChI=1S/C23H21ClFNO2/c1-23(2)12-19-22(20(27)13-23)18(14-3-5-15(24)6-4-14)11-21(28)26(19)17-9-7-16(25)8-10-17/h3-10,18H,11-13H2,1-2H3/t18-/m0/s1. The lowest BCUT2D eigenvalue weighted by molar-refractivity contribution is -0.121. The van der Waals surface area contributed by atoms with Gasteiger partial charge in [-0.05, 0) is 53.8 Å². The highest BCUT2D eigenvalue weighted by Crippen LogP contribution is 2.48. The third-order valence-electron chi connectivity index (χ3n) is 5.50. The number of hydrogen-bond donors (Lipinski definition) is 0. The van der Waals surface area contributed by atoms with Crippen LogP contribution in [-0.2, 0) is 9.59 Å². The number of anilines is 1. The van der Waals surface area contributed by atoms with Crippen molar-refractivity contribution in [3.63, 3.8) is 0 Å². The maximum Gasteiger partial charge on any atom is 0.232 e. The SMILES string of the molecule is CC1(C)CC(=O)C2=C(C1)N(c1ccc(F)cc1)C(=O)C[C@H]2c1ccc(Cl)cc1. The summed E-state index contributed by atoms with van der Waals surface area (Å²) in [5.41, 5.74) is 2.71. The van der Waals surface area contributed by atoms with Gasteiger partial charge in [0.25, 0.3) is 0 Å². The number of benzene rings is 2. The van der Waals surface area contributed by atoms with Gasteiger partial charge in [-0.15, -0.1) is 0 Å². The number of hydrogen-bond acceptors (Lipinski definition) is 2. The van der Waals surface area contributed by atoms with Crippen molar-refractivity contribution in [2.75, 3.05) is 4.90 Å². The van der Waals surface area contributed by atoms with E-state index in [1.807, 2.05) is 26.0 Å². The summed E-state index contributed by atoms with van der Waals surface area (Å²) in [6.45, 7) is 4.07. The minimum atomic E-state index is -0.360. The Morgan fingerprint density at radius 1 is 1.00 bits per heavy atom. The Bertz CT molecular complexity index is 977. The second-order valence-corrected chi connectivity index (χ2v) is 8.75. The number of nitrogens with zero attached hydrogens (tertiary/aromatic N) is 1. The number of carbonyl (C=O) groups excluding carboxylic acids is 2. The molecule has 0 aromatic heterocycles. The molecule has 0 spiro atoms. The van der Waals surface area contributed by atoms with E-state index in [0.717, 1.165) is 11.3 Å². The van der Waals surface area contributed by atoms with Crippen LogP contribution in [0.4, 0.5) is 10.1 Å². The lowest BCUT2D eigenvalue weighted by Crippen LogP contribution is -2.43. The number of amides is 1. The largest absolute Gasteiger partial charge is 0.294 e. The molecule has 3 nitrogen and oxygen atoms in total. The molecule has 1 heterocycles. The lowest BCUT2D eigenvalue weighted by atomic mass is 9.69. The zero-order valence-electron chi connectivity index (χ0n) is 15.8. The van der Waals surface area contributed by atoms with Gasteiger partial charge in [0.05, 0.1) is 0 Å². The summed E-state index contributed by atoms with van der Waals surface area (Å²) in [6.07, 6.45) is 1.26. The molecule has 0 unspecified atom stereocenters. The van der Waals surface area contributed by atoms with Crippen LogP contribution in [0.2, 0.25) is 5.02 Å². The first-order valence-corrected chi connectivity index (χ1v) is 9.73. The minimum Gasteiger partial charge on any atom is -0.294 e. The fourth-order valence-electron chi connectivity index (χ4n) is 4.28. The van der Waals surface area contributed by atoms with Crippen LogP contribution >= 0.6 is 11.6 Å². The highest BCUT2D eigenvalue weighted by molar-refractivity contribution is 6.30. The van der Waals surface area contributed by atoms with Crippen LogP contribution in [0.15, 0.2) is 59.8 Å². The van der Waals surface area contributed by atoms with E-state index in [0.29, 0.717) is 29.1 Å². The number of carbonyl (C=O) groups is 2. The van der Waals surface area contributed by atoms with Gasteiger partial charge in [0, 0.05) is 40.7 Å². The Kier molecular flexibility index (Phi) is 4.62. The van der Waals surface area contributed by atoms with Gasteiger partial charge >= 0.3 is 0 Å². The van der Waals surface area contributed by atoms with Crippen molar-refractivity contribution in [3.05, 3.63) is 76.2 Å².